The average Bonchev–Trinajstić information content (AvgIpc) is 2.96. The summed E-state index contributed by atoms with van der Waals surface area (Å²) >= 11 is 0. The molecule has 238 valence electrons. The van der Waals surface area contributed by atoms with Crippen LogP contribution in [-0.4, -0.2) is 13.2 Å². The zero-order valence-electron chi connectivity index (χ0n) is 27.2. The van der Waals surface area contributed by atoms with Crippen molar-refractivity contribution in [1.29, 1.82) is 0 Å². The van der Waals surface area contributed by atoms with E-state index in [1.54, 1.807) is 0 Å². The van der Waals surface area contributed by atoms with E-state index >= 15 is 0 Å². The fraction of sp³-hybridized carbons (Fsp3) is 0.889. The molecule has 0 bridgehead atoms. The van der Waals surface area contributed by atoms with Crippen molar-refractivity contribution >= 4 is 8.25 Å². The second kappa shape index (κ2) is 36.7. The Morgan fingerprint density at radius 1 is 0.375 bits per heavy atom. The SMILES string of the molecule is CCCCCCCC/C=C\CCCCCCCCO[PH](=O)OCCCCCCCC/C=C\CCCCCCCC. The van der Waals surface area contributed by atoms with Crippen LogP contribution < -0.4 is 0 Å². The Balaban J connectivity index is 3.22. The van der Waals surface area contributed by atoms with Crippen LogP contribution in [0.25, 0.3) is 0 Å². The zero-order chi connectivity index (χ0) is 29.0. The molecule has 0 spiro atoms. The van der Waals surface area contributed by atoms with Crippen LogP contribution in [0.4, 0.5) is 0 Å². The van der Waals surface area contributed by atoms with Gasteiger partial charge in [0.05, 0.1) is 13.2 Å². The lowest BCUT2D eigenvalue weighted by molar-refractivity contribution is 0.218. The van der Waals surface area contributed by atoms with Gasteiger partial charge in [-0.2, -0.15) is 0 Å². The summed E-state index contributed by atoms with van der Waals surface area (Å²) in [5, 5.41) is 0. The third-order valence-electron chi connectivity index (χ3n) is 7.75. The summed E-state index contributed by atoms with van der Waals surface area (Å²) in [5.74, 6) is 0. The maximum Gasteiger partial charge on any atom is 0.319 e. The number of hydrogen-bond acceptors (Lipinski definition) is 3. The predicted molar refractivity (Wildman–Crippen MR) is 180 cm³/mol. The molecule has 0 rings (SSSR count). The minimum absolute atomic E-state index is 0.576. The molecule has 0 atom stereocenters. The molecular weight excluding hydrogens is 511 g/mol. The van der Waals surface area contributed by atoms with E-state index in [0.717, 1.165) is 25.7 Å². The van der Waals surface area contributed by atoms with Crippen LogP contribution in [0.2, 0.25) is 0 Å². The highest BCUT2D eigenvalue weighted by Gasteiger charge is 2.00. The lowest BCUT2D eigenvalue weighted by Gasteiger charge is -2.06. The van der Waals surface area contributed by atoms with E-state index in [4.69, 9.17) is 9.05 Å². The predicted octanol–water partition coefficient (Wildman–Crippen LogP) is 13.5. The second-order valence-corrected chi connectivity index (χ2v) is 12.9. The average molecular weight is 583 g/mol. The molecule has 0 heterocycles. The van der Waals surface area contributed by atoms with Gasteiger partial charge in [0.15, 0.2) is 0 Å². The van der Waals surface area contributed by atoms with Gasteiger partial charge in [-0.25, -0.2) is 0 Å². The minimum Gasteiger partial charge on any atom is -0.311 e. The third-order valence-corrected chi connectivity index (χ3v) is 8.63. The molecular formula is C36H71O3P. The molecule has 0 radical (unpaired) electrons. The first-order chi connectivity index (χ1) is 19.8. The maximum atomic E-state index is 11.9. The van der Waals surface area contributed by atoms with Crippen LogP contribution in [0.3, 0.4) is 0 Å². The Kier molecular flexibility index (Phi) is 36.3. The molecule has 0 fully saturated rings. The van der Waals surface area contributed by atoms with Gasteiger partial charge in [-0.05, 0) is 64.2 Å². The first kappa shape index (κ1) is 39.6. The molecule has 0 aromatic rings. The second-order valence-electron chi connectivity index (χ2n) is 11.8. The van der Waals surface area contributed by atoms with E-state index < -0.39 is 8.25 Å². The highest BCUT2D eigenvalue weighted by molar-refractivity contribution is 7.33. The lowest BCUT2D eigenvalue weighted by atomic mass is 10.1. The van der Waals surface area contributed by atoms with Crippen LogP contribution in [0, 0.1) is 0 Å². The van der Waals surface area contributed by atoms with Crippen molar-refractivity contribution in [1.82, 2.24) is 0 Å². The van der Waals surface area contributed by atoms with Crippen LogP contribution in [0.15, 0.2) is 24.3 Å². The molecule has 40 heavy (non-hydrogen) atoms. The molecule has 0 saturated heterocycles. The Bertz CT molecular complexity index is 500. The Morgan fingerprint density at radius 2 is 0.625 bits per heavy atom. The zero-order valence-corrected chi connectivity index (χ0v) is 28.2. The van der Waals surface area contributed by atoms with Crippen molar-refractivity contribution < 1.29 is 13.6 Å². The topological polar surface area (TPSA) is 35.5 Å². The quantitative estimate of drug-likeness (QED) is 0.0430. The summed E-state index contributed by atoms with van der Waals surface area (Å²) in [6, 6.07) is 0. The molecule has 0 aliphatic carbocycles. The molecule has 0 aliphatic rings. The Morgan fingerprint density at radius 3 is 0.925 bits per heavy atom. The van der Waals surface area contributed by atoms with Crippen molar-refractivity contribution in [3.8, 4) is 0 Å². The lowest BCUT2D eigenvalue weighted by Crippen LogP contribution is -1.92. The van der Waals surface area contributed by atoms with Crippen LogP contribution in [0.5, 0.6) is 0 Å². The van der Waals surface area contributed by atoms with Gasteiger partial charge in [-0.1, -0.05) is 154 Å². The van der Waals surface area contributed by atoms with Gasteiger partial charge >= 0.3 is 8.25 Å². The van der Waals surface area contributed by atoms with Gasteiger partial charge in [-0.3, -0.25) is 4.57 Å². The number of unbranched alkanes of at least 4 members (excludes halogenated alkanes) is 24. The fourth-order valence-corrected chi connectivity index (χ4v) is 5.76. The van der Waals surface area contributed by atoms with E-state index in [2.05, 4.69) is 38.2 Å². The highest BCUT2D eigenvalue weighted by atomic mass is 31.1. The van der Waals surface area contributed by atoms with Gasteiger partial charge in [0.1, 0.15) is 0 Å². The van der Waals surface area contributed by atoms with Gasteiger partial charge < -0.3 is 9.05 Å². The summed E-state index contributed by atoms with van der Waals surface area (Å²) in [4.78, 5) is 0. The van der Waals surface area contributed by atoms with Crippen molar-refractivity contribution in [3.63, 3.8) is 0 Å². The standard InChI is InChI=1S/C36H71O3P/c1-3-5-7-9-11-13-15-17-19-21-23-25-27-29-31-33-35-38-40(37)39-36-34-32-30-28-26-24-22-20-18-16-14-12-10-8-6-4-2/h17-20,40H,3-16,21-36H2,1-2H3/b19-17-,20-18-. The fourth-order valence-electron chi connectivity index (χ4n) is 5.05. The van der Waals surface area contributed by atoms with Crippen molar-refractivity contribution in [2.75, 3.05) is 13.2 Å². The van der Waals surface area contributed by atoms with E-state index in [9.17, 15) is 4.57 Å². The van der Waals surface area contributed by atoms with Crippen molar-refractivity contribution in [3.05, 3.63) is 24.3 Å². The monoisotopic (exact) mass is 583 g/mol. The summed E-state index contributed by atoms with van der Waals surface area (Å²) in [6.07, 6.45) is 45.8. The van der Waals surface area contributed by atoms with E-state index in [1.807, 2.05) is 0 Å². The highest BCUT2D eigenvalue weighted by Crippen LogP contribution is 2.25. The molecule has 0 unspecified atom stereocenters. The number of hydrogen-bond donors (Lipinski definition) is 0. The summed E-state index contributed by atoms with van der Waals surface area (Å²) in [7, 11) is -2.29. The first-order valence-electron chi connectivity index (χ1n) is 17.9. The first-order valence-corrected chi connectivity index (χ1v) is 19.1. The van der Waals surface area contributed by atoms with Crippen LogP contribution >= 0.6 is 8.25 Å². The molecule has 4 heteroatoms. The molecule has 0 aromatic heterocycles. The van der Waals surface area contributed by atoms with Crippen LogP contribution in [0.1, 0.15) is 194 Å². The summed E-state index contributed by atoms with van der Waals surface area (Å²) in [5.41, 5.74) is 0. The molecule has 0 aromatic carbocycles. The van der Waals surface area contributed by atoms with Crippen LogP contribution in [-0.2, 0) is 13.6 Å². The Hall–Kier alpha value is -0.370. The normalized spacial score (nSPS) is 12.1. The van der Waals surface area contributed by atoms with E-state index in [1.165, 1.54) is 154 Å². The maximum absolute atomic E-state index is 11.9. The molecule has 3 nitrogen and oxygen atoms in total. The molecule has 0 N–H and O–H groups in total. The van der Waals surface area contributed by atoms with Gasteiger partial charge in [0.2, 0.25) is 0 Å². The smallest absolute Gasteiger partial charge is 0.311 e. The minimum atomic E-state index is -2.29. The summed E-state index contributed by atoms with van der Waals surface area (Å²) in [6.45, 7) is 5.71. The van der Waals surface area contributed by atoms with Gasteiger partial charge in [-0.15, -0.1) is 0 Å². The largest absolute Gasteiger partial charge is 0.319 e. The Labute approximate surface area is 252 Å². The van der Waals surface area contributed by atoms with E-state index in [-0.39, 0.29) is 0 Å². The number of rotatable bonds is 34. The van der Waals surface area contributed by atoms with Crippen molar-refractivity contribution in [2.24, 2.45) is 0 Å². The van der Waals surface area contributed by atoms with Crippen molar-refractivity contribution in [2.45, 2.75) is 194 Å². The van der Waals surface area contributed by atoms with Gasteiger partial charge in [0.25, 0.3) is 0 Å². The summed E-state index contributed by atoms with van der Waals surface area (Å²) < 4.78 is 22.7. The molecule has 0 amide bonds. The van der Waals surface area contributed by atoms with Gasteiger partial charge in [0, 0.05) is 0 Å². The van der Waals surface area contributed by atoms with E-state index in [0.29, 0.717) is 13.2 Å². The molecule has 0 saturated carbocycles. The third kappa shape index (κ3) is 35.7. The molecule has 0 aliphatic heterocycles. The number of allylic oxidation sites excluding steroid dienone is 4.